The molecule has 6 heteroatoms. The number of ether oxygens (including phenoxy) is 3. The number of rotatable bonds is 10. The predicted molar refractivity (Wildman–Crippen MR) is 84.5 cm³/mol. The summed E-state index contributed by atoms with van der Waals surface area (Å²) in [6.45, 7) is 3.98. The Labute approximate surface area is 135 Å². The molecule has 0 radical (unpaired) electrons. The van der Waals surface area contributed by atoms with Crippen LogP contribution < -0.4 is 14.8 Å². The summed E-state index contributed by atoms with van der Waals surface area (Å²) in [6, 6.07) is 10.7. The van der Waals surface area contributed by atoms with Crippen LogP contribution in [0.15, 0.2) is 47.1 Å². The number of hydrogen-bond donors (Lipinski definition) is 1. The first-order chi connectivity index (χ1) is 11.3. The second kappa shape index (κ2) is 9.53. The second-order valence-electron chi connectivity index (χ2n) is 4.66. The third kappa shape index (κ3) is 6.44. The molecule has 0 bridgehead atoms. The third-order valence-electron chi connectivity index (χ3n) is 2.93. The third-order valence-corrected chi connectivity index (χ3v) is 2.93. The Balaban J connectivity index is 1.65. The van der Waals surface area contributed by atoms with E-state index in [1.807, 2.05) is 6.92 Å². The number of carbonyl (C=O) groups is 1. The van der Waals surface area contributed by atoms with Crippen molar-refractivity contribution in [3.8, 4) is 11.5 Å². The molecule has 0 saturated carbocycles. The summed E-state index contributed by atoms with van der Waals surface area (Å²) in [5, 5.41) is 2.71. The van der Waals surface area contributed by atoms with Crippen LogP contribution in [-0.2, 0) is 16.1 Å². The Morgan fingerprint density at radius 1 is 1.09 bits per heavy atom. The van der Waals surface area contributed by atoms with Gasteiger partial charge < -0.3 is 23.9 Å². The van der Waals surface area contributed by atoms with Gasteiger partial charge in [0.25, 0.3) is 5.91 Å². The van der Waals surface area contributed by atoms with Gasteiger partial charge >= 0.3 is 0 Å². The maximum absolute atomic E-state index is 11.7. The van der Waals surface area contributed by atoms with Crippen molar-refractivity contribution in [2.75, 3.05) is 26.4 Å². The van der Waals surface area contributed by atoms with Gasteiger partial charge in [0.05, 0.1) is 19.4 Å². The number of hydrogen-bond acceptors (Lipinski definition) is 5. The van der Waals surface area contributed by atoms with E-state index in [1.165, 1.54) is 0 Å². The minimum absolute atomic E-state index is 0.0503. The molecule has 2 rings (SSSR count). The molecule has 124 valence electrons. The maximum Gasteiger partial charge on any atom is 0.258 e. The zero-order chi connectivity index (χ0) is 16.3. The Morgan fingerprint density at radius 2 is 1.83 bits per heavy atom. The molecular formula is C17H21NO5. The van der Waals surface area contributed by atoms with Gasteiger partial charge in [-0.05, 0) is 43.3 Å². The fourth-order valence-corrected chi connectivity index (χ4v) is 1.79. The highest BCUT2D eigenvalue weighted by molar-refractivity contribution is 5.77. The Kier molecular flexibility index (Phi) is 7.00. The van der Waals surface area contributed by atoms with Crippen molar-refractivity contribution < 1.29 is 23.4 Å². The lowest BCUT2D eigenvalue weighted by atomic mass is 10.3. The lowest BCUT2D eigenvalue weighted by Crippen LogP contribution is -2.28. The molecule has 1 amide bonds. The summed E-state index contributed by atoms with van der Waals surface area (Å²) in [4.78, 5) is 11.7. The molecule has 1 heterocycles. The zero-order valence-corrected chi connectivity index (χ0v) is 13.1. The fourth-order valence-electron chi connectivity index (χ4n) is 1.79. The number of benzene rings is 1. The molecule has 1 aromatic carbocycles. The molecule has 0 unspecified atom stereocenters. The van der Waals surface area contributed by atoms with Crippen molar-refractivity contribution in [3.05, 3.63) is 48.4 Å². The van der Waals surface area contributed by atoms with Crippen LogP contribution in [0, 0.1) is 0 Å². The topological polar surface area (TPSA) is 69.9 Å². The molecule has 0 aliphatic heterocycles. The fraction of sp³-hybridized carbons (Fsp3) is 0.353. The minimum atomic E-state index is -0.210. The van der Waals surface area contributed by atoms with E-state index in [2.05, 4.69) is 5.32 Å². The van der Waals surface area contributed by atoms with E-state index < -0.39 is 0 Å². The zero-order valence-electron chi connectivity index (χ0n) is 13.1. The van der Waals surface area contributed by atoms with Gasteiger partial charge in [-0.2, -0.15) is 0 Å². The summed E-state index contributed by atoms with van der Waals surface area (Å²) in [6.07, 6.45) is 1.57. The van der Waals surface area contributed by atoms with Crippen LogP contribution in [0.5, 0.6) is 11.5 Å². The first kappa shape index (κ1) is 16.9. The van der Waals surface area contributed by atoms with Gasteiger partial charge in [-0.3, -0.25) is 4.79 Å². The molecule has 23 heavy (non-hydrogen) atoms. The van der Waals surface area contributed by atoms with Gasteiger partial charge in [0.15, 0.2) is 6.61 Å². The summed E-state index contributed by atoms with van der Waals surface area (Å²) in [7, 11) is 0. The van der Waals surface area contributed by atoms with Gasteiger partial charge in [-0.25, -0.2) is 0 Å². The van der Waals surface area contributed by atoms with Crippen molar-refractivity contribution in [1.82, 2.24) is 5.32 Å². The lowest BCUT2D eigenvalue weighted by molar-refractivity contribution is -0.123. The van der Waals surface area contributed by atoms with Gasteiger partial charge in [-0.1, -0.05) is 0 Å². The first-order valence-corrected chi connectivity index (χ1v) is 7.50. The molecule has 1 aromatic heterocycles. The number of carbonyl (C=O) groups excluding carboxylic acids is 1. The quantitative estimate of drug-likeness (QED) is 0.681. The predicted octanol–water partition coefficient (Wildman–Crippen LogP) is 2.39. The summed E-state index contributed by atoms with van der Waals surface area (Å²) < 4.78 is 21.2. The van der Waals surface area contributed by atoms with Crippen molar-refractivity contribution in [3.63, 3.8) is 0 Å². The van der Waals surface area contributed by atoms with Crippen LogP contribution in [0.2, 0.25) is 0 Å². The van der Waals surface area contributed by atoms with E-state index in [4.69, 9.17) is 18.6 Å². The molecule has 2 aromatic rings. The van der Waals surface area contributed by atoms with Crippen molar-refractivity contribution in [2.45, 2.75) is 13.5 Å². The standard InChI is InChI=1S/C17H21NO5/c1-2-20-10-11-22-14-5-7-15(8-6-14)23-13-17(19)18-12-16-4-3-9-21-16/h3-9H,2,10-13H2,1H3,(H,18,19). The average molecular weight is 319 g/mol. The van der Waals surface area contributed by atoms with Crippen LogP contribution in [0.25, 0.3) is 0 Å². The van der Waals surface area contributed by atoms with Crippen LogP contribution in [0.3, 0.4) is 0 Å². The van der Waals surface area contributed by atoms with E-state index in [-0.39, 0.29) is 12.5 Å². The molecule has 0 aliphatic carbocycles. The first-order valence-electron chi connectivity index (χ1n) is 7.50. The molecule has 0 aliphatic rings. The van der Waals surface area contributed by atoms with Crippen LogP contribution in [0.4, 0.5) is 0 Å². The normalized spacial score (nSPS) is 10.3. The number of amides is 1. The summed E-state index contributed by atoms with van der Waals surface area (Å²) >= 11 is 0. The monoisotopic (exact) mass is 319 g/mol. The van der Waals surface area contributed by atoms with Crippen molar-refractivity contribution >= 4 is 5.91 Å². The highest BCUT2D eigenvalue weighted by Gasteiger charge is 2.04. The van der Waals surface area contributed by atoms with Gasteiger partial charge in [-0.15, -0.1) is 0 Å². The maximum atomic E-state index is 11.7. The van der Waals surface area contributed by atoms with E-state index in [1.54, 1.807) is 42.7 Å². The minimum Gasteiger partial charge on any atom is -0.491 e. The summed E-state index contributed by atoms with van der Waals surface area (Å²) in [5.41, 5.74) is 0. The van der Waals surface area contributed by atoms with Crippen LogP contribution in [-0.4, -0.2) is 32.3 Å². The molecule has 6 nitrogen and oxygen atoms in total. The Hall–Kier alpha value is -2.47. The molecule has 0 saturated heterocycles. The molecular weight excluding hydrogens is 298 g/mol. The van der Waals surface area contributed by atoms with E-state index >= 15 is 0 Å². The van der Waals surface area contributed by atoms with Gasteiger partial charge in [0.1, 0.15) is 23.9 Å². The van der Waals surface area contributed by atoms with E-state index in [9.17, 15) is 4.79 Å². The Bertz CT molecular complexity index is 565. The second-order valence-corrected chi connectivity index (χ2v) is 4.66. The number of furan rings is 1. The highest BCUT2D eigenvalue weighted by Crippen LogP contribution is 2.17. The smallest absolute Gasteiger partial charge is 0.258 e. The molecule has 1 N–H and O–H groups in total. The molecule has 0 atom stereocenters. The lowest BCUT2D eigenvalue weighted by Gasteiger charge is -2.09. The van der Waals surface area contributed by atoms with Crippen molar-refractivity contribution in [2.24, 2.45) is 0 Å². The highest BCUT2D eigenvalue weighted by atomic mass is 16.5. The van der Waals surface area contributed by atoms with Gasteiger partial charge in [0, 0.05) is 6.61 Å². The molecule has 0 spiro atoms. The SMILES string of the molecule is CCOCCOc1ccc(OCC(=O)NCc2ccco2)cc1. The number of nitrogens with one attached hydrogen (secondary N) is 1. The Morgan fingerprint density at radius 3 is 2.48 bits per heavy atom. The largest absolute Gasteiger partial charge is 0.491 e. The van der Waals surface area contributed by atoms with Crippen molar-refractivity contribution in [1.29, 1.82) is 0 Å². The van der Waals surface area contributed by atoms with Gasteiger partial charge in [0.2, 0.25) is 0 Å². The summed E-state index contributed by atoms with van der Waals surface area (Å²) in [5.74, 6) is 1.83. The van der Waals surface area contributed by atoms with E-state index in [0.717, 1.165) is 5.75 Å². The van der Waals surface area contributed by atoms with Crippen LogP contribution >= 0.6 is 0 Å². The molecule has 0 fully saturated rings. The van der Waals surface area contributed by atoms with Crippen LogP contribution in [0.1, 0.15) is 12.7 Å². The van der Waals surface area contributed by atoms with E-state index in [0.29, 0.717) is 37.9 Å². The average Bonchev–Trinajstić information content (AvgIpc) is 3.09.